The SMILES string of the molecule is CCOc1ccc(NC(=O)CSc2nnc3c(n2)[C@@]2(C)CC[C@H]3C2(C)C)cc1. The van der Waals surface area contributed by atoms with Crippen LogP contribution >= 0.6 is 11.8 Å². The van der Waals surface area contributed by atoms with E-state index in [0.29, 0.717) is 17.7 Å². The number of hydrogen-bond donors (Lipinski definition) is 1. The zero-order chi connectivity index (χ0) is 19.9. The van der Waals surface area contributed by atoms with Crippen LogP contribution in [0.15, 0.2) is 29.4 Å². The minimum Gasteiger partial charge on any atom is -0.494 e. The van der Waals surface area contributed by atoms with Gasteiger partial charge in [0.05, 0.1) is 23.7 Å². The van der Waals surface area contributed by atoms with Crippen LogP contribution in [-0.4, -0.2) is 33.4 Å². The highest BCUT2D eigenvalue weighted by Gasteiger charge is 2.61. The van der Waals surface area contributed by atoms with Gasteiger partial charge in [0, 0.05) is 17.0 Å². The van der Waals surface area contributed by atoms with Crippen LogP contribution in [0.5, 0.6) is 5.75 Å². The van der Waals surface area contributed by atoms with Crippen LogP contribution in [0.3, 0.4) is 0 Å². The Hall–Kier alpha value is -2.15. The number of fused-ring (bicyclic) bond motifs is 5. The summed E-state index contributed by atoms with van der Waals surface area (Å²) in [7, 11) is 0. The lowest BCUT2D eigenvalue weighted by molar-refractivity contribution is -0.113. The van der Waals surface area contributed by atoms with E-state index >= 15 is 0 Å². The number of aromatic nitrogens is 3. The Morgan fingerprint density at radius 3 is 2.71 bits per heavy atom. The molecule has 2 aliphatic rings. The molecule has 0 spiro atoms. The summed E-state index contributed by atoms with van der Waals surface area (Å²) in [5.41, 5.74) is 3.09. The molecule has 4 rings (SSSR count). The molecule has 1 heterocycles. The van der Waals surface area contributed by atoms with Gasteiger partial charge in [0.2, 0.25) is 11.1 Å². The van der Waals surface area contributed by atoms with Crippen molar-refractivity contribution in [2.24, 2.45) is 5.41 Å². The van der Waals surface area contributed by atoms with Crippen molar-refractivity contribution >= 4 is 23.4 Å². The topological polar surface area (TPSA) is 77.0 Å². The molecule has 1 N–H and O–H groups in total. The minimum absolute atomic E-state index is 0.0445. The van der Waals surface area contributed by atoms with E-state index in [4.69, 9.17) is 9.72 Å². The highest BCUT2D eigenvalue weighted by atomic mass is 32.2. The fraction of sp³-hybridized carbons (Fsp3) is 0.524. The van der Waals surface area contributed by atoms with Crippen molar-refractivity contribution in [3.8, 4) is 5.75 Å². The van der Waals surface area contributed by atoms with Crippen LogP contribution in [0.4, 0.5) is 5.69 Å². The largest absolute Gasteiger partial charge is 0.494 e. The van der Waals surface area contributed by atoms with Crippen LogP contribution < -0.4 is 10.1 Å². The number of benzene rings is 1. The van der Waals surface area contributed by atoms with E-state index < -0.39 is 0 Å². The molecule has 2 bridgehead atoms. The van der Waals surface area contributed by atoms with E-state index in [2.05, 4.69) is 36.3 Å². The fourth-order valence-corrected chi connectivity index (χ4v) is 5.14. The molecule has 0 radical (unpaired) electrons. The van der Waals surface area contributed by atoms with Crippen molar-refractivity contribution in [3.05, 3.63) is 35.7 Å². The normalized spacial score (nSPS) is 24.1. The maximum absolute atomic E-state index is 12.3. The zero-order valence-electron chi connectivity index (χ0n) is 16.8. The predicted molar refractivity (Wildman–Crippen MR) is 110 cm³/mol. The van der Waals surface area contributed by atoms with E-state index in [1.54, 1.807) is 0 Å². The van der Waals surface area contributed by atoms with E-state index in [0.717, 1.165) is 35.7 Å². The minimum atomic E-state index is -0.0914. The Bertz CT molecular complexity index is 900. The second-order valence-corrected chi connectivity index (χ2v) is 9.21. The molecule has 2 atom stereocenters. The van der Waals surface area contributed by atoms with Crippen LogP contribution in [0.25, 0.3) is 0 Å². The van der Waals surface area contributed by atoms with Gasteiger partial charge in [0.15, 0.2) is 0 Å². The number of amides is 1. The highest BCUT2D eigenvalue weighted by Crippen LogP contribution is 2.66. The van der Waals surface area contributed by atoms with Crippen molar-refractivity contribution < 1.29 is 9.53 Å². The maximum Gasteiger partial charge on any atom is 0.234 e. The van der Waals surface area contributed by atoms with Crippen molar-refractivity contribution in [2.45, 2.75) is 57.0 Å². The third kappa shape index (κ3) is 3.05. The number of carbonyl (C=O) groups excluding carboxylic acids is 1. The van der Waals surface area contributed by atoms with Gasteiger partial charge in [-0.25, -0.2) is 4.98 Å². The van der Waals surface area contributed by atoms with Gasteiger partial charge < -0.3 is 10.1 Å². The first-order valence-corrected chi connectivity index (χ1v) is 10.7. The summed E-state index contributed by atoms with van der Waals surface area (Å²) in [4.78, 5) is 17.1. The molecule has 1 saturated carbocycles. The summed E-state index contributed by atoms with van der Waals surface area (Å²) in [5, 5.41) is 12.2. The molecule has 28 heavy (non-hydrogen) atoms. The smallest absolute Gasteiger partial charge is 0.234 e. The molecular formula is C21H26N4O2S. The van der Waals surface area contributed by atoms with Gasteiger partial charge in [-0.15, -0.1) is 5.10 Å². The first-order chi connectivity index (χ1) is 13.3. The molecule has 1 aromatic carbocycles. The zero-order valence-corrected chi connectivity index (χ0v) is 17.6. The highest BCUT2D eigenvalue weighted by molar-refractivity contribution is 7.99. The van der Waals surface area contributed by atoms with E-state index in [9.17, 15) is 4.79 Å². The summed E-state index contributed by atoms with van der Waals surface area (Å²) in [6.07, 6.45) is 2.29. The third-order valence-corrected chi connectivity index (χ3v) is 7.39. The van der Waals surface area contributed by atoms with Crippen molar-refractivity contribution in [2.75, 3.05) is 17.7 Å². The Kier molecular flexibility index (Phi) is 4.81. The van der Waals surface area contributed by atoms with Crippen molar-refractivity contribution in [1.82, 2.24) is 15.2 Å². The quantitative estimate of drug-likeness (QED) is 0.736. The van der Waals surface area contributed by atoms with Crippen LogP contribution in [0.2, 0.25) is 0 Å². The van der Waals surface area contributed by atoms with Gasteiger partial charge in [-0.05, 0) is 49.4 Å². The lowest BCUT2D eigenvalue weighted by Crippen LogP contribution is -2.32. The molecule has 1 amide bonds. The van der Waals surface area contributed by atoms with E-state index in [1.807, 2.05) is 31.2 Å². The van der Waals surface area contributed by atoms with Gasteiger partial charge in [0.25, 0.3) is 0 Å². The number of carbonyl (C=O) groups is 1. The summed E-state index contributed by atoms with van der Waals surface area (Å²) in [6, 6.07) is 7.36. The summed E-state index contributed by atoms with van der Waals surface area (Å²) >= 11 is 1.33. The van der Waals surface area contributed by atoms with Crippen molar-refractivity contribution in [1.29, 1.82) is 0 Å². The molecular weight excluding hydrogens is 372 g/mol. The molecule has 1 fully saturated rings. The Balaban J connectivity index is 1.39. The predicted octanol–water partition coefficient (Wildman–Crippen LogP) is 4.18. The van der Waals surface area contributed by atoms with Crippen LogP contribution in [0, 0.1) is 5.41 Å². The second-order valence-electron chi connectivity index (χ2n) is 8.27. The molecule has 148 valence electrons. The Labute approximate surface area is 169 Å². The number of anilines is 1. The average molecular weight is 399 g/mol. The number of nitrogens with one attached hydrogen (secondary N) is 1. The molecule has 2 aliphatic carbocycles. The number of nitrogens with zero attached hydrogens (tertiary/aromatic N) is 3. The van der Waals surface area contributed by atoms with E-state index in [1.165, 1.54) is 11.8 Å². The van der Waals surface area contributed by atoms with Gasteiger partial charge in [-0.3, -0.25) is 4.79 Å². The molecule has 0 aliphatic heterocycles. The van der Waals surface area contributed by atoms with E-state index in [-0.39, 0.29) is 22.5 Å². The molecule has 1 aromatic heterocycles. The molecule has 7 heteroatoms. The van der Waals surface area contributed by atoms with Crippen molar-refractivity contribution in [3.63, 3.8) is 0 Å². The number of ether oxygens (including phenoxy) is 1. The lowest BCUT2D eigenvalue weighted by atomic mass is 9.70. The monoisotopic (exact) mass is 398 g/mol. The lowest BCUT2D eigenvalue weighted by Gasteiger charge is -2.33. The summed E-state index contributed by atoms with van der Waals surface area (Å²) in [5.74, 6) is 1.39. The van der Waals surface area contributed by atoms with Gasteiger partial charge in [-0.2, -0.15) is 5.10 Å². The maximum atomic E-state index is 12.3. The fourth-order valence-electron chi connectivity index (χ4n) is 4.55. The van der Waals surface area contributed by atoms with Gasteiger partial charge in [-0.1, -0.05) is 32.5 Å². The number of rotatable bonds is 6. The number of thioether (sulfide) groups is 1. The first-order valence-electron chi connectivity index (χ1n) is 9.76. The molecule has 0 saturated heterocycles. The van der Waals surface area contributed by atoms with Crippen LogP contribution in [-0.2, 0) is 10.2 Å². The van der Waals surface area contributed by atoms with Crippen LogP contribution in [0.1, 0.15) is 57.8 Å². The second kappa shape index (κ2) is 7.03. The summed E-state index contributed by atoms with van der Waals surface area (Å²) in [6.45, 7) is 9.47. The van der Waals surface area contributed by atoms with Gasteiger partial charge >= 0.3 is 0 Å². The number of hydrogen-bond acceptors (Lipinski definition) is 6. The Morgan fingerprint density at radius 1 is 1.25 bits per heavy atom. The average Bonchev–Trinajstić information content (AvgIpc) is 3.00. The van der Waals surface area contributed by atoms with Gasteiger partial charge in [0.1, 0.15) is 5.75 Å². The molecule has 2 aromatic rings. The molecule has 0 unspecified atom stereocenters. The Morgan fingerprint density at radius 2 is 2.00 bits per heavy atom. The molecule has 6 nitrogen and oxygen atoms in total. The third-order valence-electron chi connectivity index (χ3n) is 6.55. The standard InChI is InChI=1S/C21H26N4O2S/c1-5-27-14-8-6-13(7-9-14)22-16(26)12-28-19-23-18-17(24-25-19)15-10-11-21(18,4)20(15,2)3/h6-9,15H,5,10-12H2,1-4H3,(H,22,26)/t15-,21-/m1/s1. The summed E-state index contributed by atoms with van der Waals surface area (Å²) < 4.78 is 5.41. The first kappa shape index (κ1) is 19.2.